The van der Waals surface area contributed by atoms with Gasteiger partial charge in [0, 0.05) is 11.8 Å². The zero-order valence-corrected chi connectivity index (χ0v) is 17.6. The van der Waals surface area contributed by atoms with E-state index in [4.69, 9.17) is 0 Å². The molecule has 3 aromatic rings. The van der Waals surface area contributed by atoms with Gasteiger partial charge in [-0.2, -0.15) is 8.42 Å². The minimum atomic E-state index is -4.50. The van der Waals surface area contributed by atoms with E-state index in [1.807, 2.05) is 44.2 Å². The highest BCUT2D eigenvalue weighted by molar-refractivity contribution is 7.86. The fourth-order valence-corrected chi connectivity index (χ4v) is 4.27. The molecule has 0 amide bonds. The molecule has 2 N–H and O–H groups in total. The molecule has 4 nitrogen and oxygen atoms in total. The molecule has 0 aromatic heterocycles. The average Bonchev–Trinajstić information content (AvgIpc) is 2.72. The van der Waals surface area contributed by atoms with Gasteiger partial charge in [-0.1, -0.05) is 81.4 Å². The lowest BCUT2D eigenvalue weighted by molar-refractivity contribution is 0.438. The van der Waals surface area contributed by atoms with Gasteiger partial charge in [-0.3, -0.25) is 4.55 Å². The highest BCUT2D eigenvalue weighted by Gasteiger charge is 2.21. The maximum Gasteiger partial charge on any atom is 0.298 e. The Bertz CT molecular complexity index is 1090. The van der Waals surface area contributed by atoms with Crippen molar-refractivity contribution >= 4 is 10.1 Å². The largest absolute Gasteiger partial charge is 0.506 e. The van der Waals surface area contributed by atoms with Crippen LogP contribution in [-0.2, 0) is 16.5 Å². The summed E-state index contributed by atoms with van der Waals surface area (Å²) in [6, 6.07) is 21.7. The molecule has 0 fully saturated rings. The predicted molar refractivity (Wildman–Crippen MR) is 115 cm³/mol. The van der Waals surface area contributed by atoms with Crippen LogP contribution in [0.25, 0.3) is 0 Å². The Hall–Kier alpha value is -2.63. The third kappa shape index (κ3) is 4.52. The first-order valence-electron chi connectivity index (χ1n) is 9.70. The van der Waals surface area contributed by atoms with Crippen molar-refractivity contribution in [1.82, 2.24) is 0 Å². The minimum absolute atomic E-state index is 0.0949. The Kier molecular flexibility index (Phi) is 6.10. The quantitative estimate of drug-likeness (QED) is 0.526. The van der Waals surface area contributed by atoms with E-state index in [-0.39, 0.29) is 17.6 Å². The summed E-state index contributed by atoms with van der Waals surface area (Å²) in [7, 11) is -4.50. The zero-order chi connectivity index (χ0) is 21.2. The van der Waals surface area contributed by atoms with Crippen LogP contribution in [0.1, 0.15) is 60.4 Å². The number of hydrogen-bond donors (Lipinski definition) is 2. The van der Waals surface area contributed by atoms with Crippen LogP contribution in [0.2, 0.25) is 0 Å². The monoisotopic (exact) mass is 410 g/mol. The number of benzene rings is 3. The summed E-state index contributed by atoms with van der Waals surface area (Å²) in [6.45, 7) is 5.98. The molecule has 5 heteroatoms. The first-order valence-corrected chi connectivity index (χ1v) is 11.1. The zero-order valence-electron chi connectivity index (χ0n) is 16.8. The number of phenols is 1. The van der Waals surface area contributed by atoms with E-state index in [0.717, 1.165) is 11.1 Å². The maximum absolute atomic E-state index is 11.7. The van der Waals surface area contributed by atoms with E-state index in [1.54, 1.807) is 6.07 Å². The van der Waals surface area contributed by atoms with Crippen LogP contribution in [0, 0.1) is 0 Å². The van der Waals surface area contributed by atoms with Gasteiger partial charge in [0.15, 0.2) is 0 Å². The van der Waals surface area contributed by atoms with Crippen LogP contribution in [0.3, 0.4) is 0 Å². The van der Waals surface area contributed by atoms with E-state index in [9.17, 15) is 18.1 Å². The molecule has 3 aromatic carbocycles. The van der Waals surface area contributed by atoms with Gasteiger partial charge in [-0.05, 0) is 40.3 Å². The molecule has 0 aliphatic rings. The van der Waals surface area contributed by atoms with Crippen LogP contribution in [0.5, 0.6) is 5.75 Å². The van der Waals surface area contributed by atoms with Gasteiger partial charge >= 0.3 is 0 Å². The van der Waals surface area contributed by atoms with Crippen molar-refractivity contribution in [3.05, 3.63) is 94.5 Å². The molecule has 152 valence electrons. The topological polar surface area (TPSA) is 74.6 Å². The molecule has 0 heterocycles. The molecule has 2 unspecified atom stereocenters. The van der Waals surface area contributed by atoms with Crippen LogP contribution in [0.15, 0.2) is 71.6 Å². The second-order valence-electron chi connectivity index (χ2n) is 7.38. The first kappa shape index (κ1) is 21.1. The van der Waals surface area contributed by atoms with E-state index < -0.39 is 15.0 Å². The van der Waals surface area contributed by atoms with Crippen LogP contribution in [-0.4, -0.2) is 18.1 Å². The molecule has 0 bridgehead atoms. The van der Waals surface area contributed by atoms with Gasteiger partial charge in [-0.15, -0.1) is 0 Å². The molecular weight excluding hydrogens is 384 g/mol. The highest BCUT2D eigenvalue weighted by atomic mass is 32.2. The number of phenolic OH excluding ortho intramolecular Hbond substituents is 1. The maximum atomic E-state index is 11.7. The van der Waals surface area contributed by atoms with Crippen molar-refractivity contribution in [2.45, 2.75) is 43.9 Å². The second kappa shape index (κ2) is 8.39. The number of aryl methyl sites for hydroxylation is 1. The summed E-state index contributed by atoms with van der Waals surface area (Å²) in [5.74, 6) is -0.201. The molecule has 2 atom stereocenters. The Morgan fingerprint density at radius 2 is 1.28 bits per heavy atom. The summed E-state index contributed by atoms with van der Waals surface area (Å²) in [5, 5.41) is 10.2. The van der Waals surface area contributed by atoms with Crippen molar-refractivity contribution in [2.24, 2.45) is 0 Å². The van der Waals surface area contributed by atoms with Crippen molar-refractivity contribution in [3.8, 4) is 5.75 Å². The van der Waals surface area contributed by atoms with Crippen LogP contribution in [0.4, 0.5) is 0 Å². The van der Waals surface area contributed by atoms with Crippen molar-refractivity contribution in [1.29, 1.82) is 0 Å². The molecule has 0 aliphatic heterocycles. The normalized spacial score (nSPS) is 13.8. The molecule has 3 rings (SSSR count). The van der Waals surface area contributed by atoms with E-state index in [0.29, 0.717) is 12.0 Å². The van der Waals surface area contributed by atoms with Gasteiger partial charge < -0.3 is 5.11 Å². The summed E-state index contributed by atoms with van der Waals surface area (Å²) in [4.78, 5) is -0.437. The van der Waals surface area contributed by atoms with Gasteiger partial charge in [0.25, 0.3) is 10.1 Å². The lowest BCUT2D eigenvalue weighted by Gasteiger charge is -2.18. The SMILES string of the molecule is CCc1cc(C(C)c2ccc(C(C)c3ccccc3)cc2)cc(S(=O)(=O)O)c1O. The van der Waals surface area contributed by atoms with E-state index >= 15 is 0 Å². The summed E-state index contributed by atoms with van der Waals surface area (Å²) < 4.78 is 32.9. The molecule has 0 saturated carbocycles. The molecule has 0 saturated heterocycles. The molecular formula is C24H26O4S. The Balaban J connectivity index is 1.94. The molecule has 29 heavy (non-hydrogen) atoms. The van der Waals surface area contributed by atoms with Crippen molar-refractivity contribution in [2.75, 3.05) is 0 Å². The van der Waals surface area contributed by atoms with Crippen LogP contribution < -0.4 is 0 Å². The third-order valence-electron chi connectivity index (χ3n) is 5.57. The van der Waals surface area contributed by atoms with Gasteiger partial charge in [0.05, 0.1) is 0 Å². The lowest BCUT2D eigenvalue weighted by atomic mass is 9.88. The van der Waals surface area contributed by atoms with Gasteiger partial charge in [0.1, 0.15) is 10.6 Å². The second-order valence-corrected chi connectivity index (χ2v) is 8.77. The molecule has 0 aliphatic carbocycles. The standard InChI is InChI=1S/C24H26O4S/c1-4-18-14-22(15-23(24(18)25)29(26,27)28)17(3)21-12-10-20(11-13-21)16(2)19-8-6-5-7-9-19/h5-17,25H,4H2,1-3H3,(H,26,27,28). The number of hydrogen-bond acceptors (Lipinski definition) is 3. The Morgan fingerprint density at radius 3 is 1.76 bits per heavy atom. The van der Waals surface area contributed by atoms with Gasteiger partial charge in [-0.25, -0.2) is 0 Å². The molecule has 0 radical (unpaired) electrons. The summed E-state index contributed by atoms with van der Waals surface area (Å²) >= 11 is 0. The van der Waals surface area contributed by atoms with E-state index in [2.05, 4.69) is 31.2 Å². The Morgan fingerprint density at radius 1 is 0.793 bits per heavy atom. The lowest BCUT2D eigenvalue weighted by Crippen LogP contribution is -2.05. The van der Waals surface area contributed by atoms with Crippen molar-refractivity contribution in [3.63, 3.8) is 0 Å². The Labute approximate surface area is 172 Å². The summed E-state index contributed by atoms with van der Waals surface area (Å²) in [5.41, 5.74) is 4.71. The molecule has 0 spiro atoms. The van der Waals surface area contributed by atoms with Crippen LogP contribution >= 0.6 is 0 Å². The minimum Gasteiger partial charge on any atom is -0.506 e. The van der Waals surface area contributed by atoms with Crippen molar-refractivity contribution < 1.29 is 18.1 Å². The number of aromatic hydroxyl groups is 1. The fraction of sp³-hybridized carbons (Fsp3) is 0.250. The first-order chi connectivity index (χ1) is 13.7. The highest BCUT2D eigenvalue weighted by Crippen LogP contribution is 2.34. The average molecular weight is 411 g/mol. The van der Waals surface area contributed by atoms with Gasteiger partial charge in [0.2, 0.25) is 0 Å². The fourth-order valence-electron chi connectivity index (χ4n) is 3.61. The third-order valence-corrected chi connectivity index (χ3v) is 6.44. The smallest absolute Gasteiger partial charge is 0.298 e. The van der Waals surface area contributed by atoms with E-state index in [1.165, 1.54) is 17.2 Å². The number of rotatable bonds is 6. The summed E-state index contributed by atoms with van der Waals surface area (Å²) in [6.07, 6.45) is 0.461. The predicted octanol–water partition coefficient (Wildman–Crippen LogP) is 5.50.